The first-order valence-electron chi connectivity index (χ1n) is 2.66. The van der Waals surface area contributed by atoms with Crippen molar-refractivity contribution in [1.29, 1.82) is 0 Å². The zero-order valence-corrected chi connectivity index (χ0v) is 8.92. The summed E-state index contributed by atoms with van der Waals surface area (Å²) in [6.07, 6.45) is 3.34. The molecule has 0 saturated carbocycles. The highest BCUT2D eigenvalue weighted by molar-refractivity contribution is 14.2. The molecule has 0 aliphatic heterocycles. The van der Waals surface area contributed by atoms with Crippen molar-refractivity contribution in [3.8, 4) is 0 Å². The molecular weight excluding hydrogens is 330 g/mol. The molecule has 0 radical (unpaired) electrons. The van der Waals surface area contributed by atoms with Crippen molar-refractivity contribution in [2.75, 3.05) is 6.61 Å². The Kier molecular flexibility index (Phi) is 7.70. The second-order valence-electron chi connectivity index (χ2n) is 1.61. The molecule has 0 aromatic carbocycles. The Morgan fingerprint density at radius 2 is 1.88 bits per heavy atom. The molecule has 0 unspecified atom stereocenters. The van der Waals surface area contributed by atoms with Gasteiger partial charge in [-0.25, -0.2) is 0 Å². The molecule has 0 aromatic heterocycles. The third-order valence-electron chi connectivity index (χ3n) is 0.830. The molecule has 0 aliphatic carbocycles. The van der Waals surface area contributed by atoms with Gasteiger partial charge in [0, 0.05) is 6.61 Å². The molecule has 0 bridgehead atoms. The zero-order valence-electron chi connectivity index (χ0n) is 4.61. The first-order valence-corrected chi connectivity index (χ1v) is 5.15. The number of halogens is 2. The minimum Gasteiger partial charge on any atom is -0.396 e. The maximum atomic E-state index is 8.37. The molecular formula is C5H10I2O. The molecule has 0 aliphatic rings. The zero-order chi connectivity index (χ0) is 6.41. The normalized spacial score (nSPS) is 10.5. The average Bonchev–Trinajstić information content (AvgIpc) is 1.66. The summed E-state index contributed by atoms with van der Waals surface area (Å²) < 4.78 is 0.733. The highest BCUT2D eigenvalue weighted by atomic mass is 127. The minimum atomic E-state index is 0.347. The molecule has 0 heterocycles. The maximum Gasteiger partial charge on any atom is 0.0626 e. The van der Waals surface area contributed by atoms with Crippen LogP contribution in [0.25, 0.3) is 0 Å². The summed E-state index contributed by atoms with van der Waals surface area (Å²) in [6.45, 7) is 0.347. The quantitative estimate of drug-likeness (QED) is 0.473. The molecule has 8 heavy (non-hydrogen) atoms. The third-order valence-corrected chi connectivity index (χ3v) is 2.08. The molecule has 0 atom stereocenters. The van der Waals surface area contributed by atoms with Gasteiger partial charge in [-0.2, -0.15) is 0 Å². The molecule has 1 nitrogen and oxygen atoms in total. The van der Waals surface area contributed by atoms with E-state index in [4.69, 9.17) is 5.11 Å². The van der Waals surface area contributed by atoms with Gasteiger partial charge in [0.1, 0.15) is 0 Å². The highest BCUT2D eigenvalue weighted by Gasteiger charge is 1.94. The molecule has 50 valence electrons. The van der Waals surface area contributed by atoms with Gasteiger partial charge in [-0.05, 0) is 19.3 Å². The largest absolute Gasteiger partial charge is 0.396 e. The molecule has 0 aromatic rings. The number of unbranched alkanes of at least 4 members (excludes halogenated alkanes) is 1. The van der Waals surface area contributed by atoms with Crippen molar-refractivity contribution in [2.24, 2.45) is 0 Å². The smallest absolute Gasteiger partial charge is 0.0626 e. The molecule has 1 N–H and O–H groups in total. The Bertz CT molecular complexity index is 47.7. The topological polar surface area (TPSA) is 20.2 Å². The number of hydrogen-bond acceptors (Lipinski definition) is 1. The summed E-state index contributed by atoms with van der Waals surface area (Å²) in [7, 11) is 0. The second kappa shape index (κ2) is 6.54. The fourth-order valence-corrected chi connectivity index (χ4v) is 1.29. The van der Waals surface area contributed by atoms with Crippen molar-refractivity contribution in [3.63, 3.8) is 0 Å². The van der Waals surface area contributed by atoms with Crippen molar-refractivity contribution in [3.05, 3.63) is 0 Å². The monoisotopic (exact) mass is 340 g/mol. The highest BCUT2D eigenvalue weighted by Crippen LogP contribution is 2.16. The van der Waals surface area contributed by atoms with Crippen LogP contribution in [0, 0.1) is 0 Å². The van der Waals surface area contributed by atoms with E-state index in [1.54, 1.807) is 0 Å². The van der Waals surface area contributed by atoms with Crippen LogP contribution >= 0.6 is 45.2 Å². The molecule has 0 fully saturated rings. The number of rotatable bonds is 4. The van der Waals surface area contributed by atoms with Gasteiger partial charge in [-0.3, -0.25) is 0 Å². The van der Waals surface area contributed by atoms with Gasteiger partial charge in [0.15, 0.2) is 0 Å². The lowest BCUT2D eigenvalue weighted by atomic mass is 10.3. The number of aliphatic hydroxyl groups is 1. The summed E-state index contributed by atoms with van der Waals surface area (Å²) in [5.41, 5.74) is 0. The lowest BCUT2D eigenvalue weighted by Gasteiger charge is -1.97. The fraction of sp³-hybridized carbons (Fsp3) is 1.00. The maximum absolute atomic E-state index is 8.37. The molecule has 0 saturated heterocycles. The third kappa shape index (κ3) is 7.42. The van der Waals surface area contributed by atoms with Crippen molar-refractivity contribution < 1.29 is 5.11 Å². The van der Waals surface area contributed by atoms with Gasteiger partial charge in [-0.1, -0.05) is 45.2 Å². The predicted octanol–water partition coefficient (Wildman–Crippen LogP) is 2.35. The first-order chi connectivity index (χ1) is 3.77. The average molecular weight is 340 g/mol. The van der Waals surface area contributed by atoms with Gasteiger partial charge < -0.3 is 5.11 Å². The Balaban J connectivity index is 2.72. The van der Waals surface area contributed by atoms with E-state index in [-0.39, 0.29) is 0 Å². The molecule has 3 heteroatoms. The SMILES string of the molecule is OCCCCC(I)I. The summed E-state index contributed by atoms with van der Waals surface area (Å²) >= 11 is 4.77. The van der Waals surface area contributed by atoms with Gasteiger partial charge in [0.05, 0.1) is 1.93 Å². The van der Waals surface area contributed by atoms with Gasteiger partial charge >= 0.3 is 0 Å². The van der Waals surface area contributed by atoms with Crippen LogP contribution in [0.2, 0.25) is 0 Å². The summed E-state index contributed by atoms with van der Waals surface area (Å²) in [4.78, 5) is 0. The molecule has 0 rings (SSSR count). The van der Waals surface area contributed by atoms with Crippen LogP contribution in [0.1, 0.15) is 19.3 Å². The fourth-order valence-electron chi connectivity index (χ4n) is 0.410. The van der Waals surface area contributed by atoms with Crippen LogP contribution in [0.15, 0.2) is 0 Å². The van der Waals surface area contributed by atoms with Gasteiger partial charge in [0.2, 0.25) is 0 Å². The first kappa shape index (κ1) is 9.42. The van der Waals surface area contributed by atoms with Crippen LogP contribution in [0.3, 0.4) is 0 Å². The number of alkyl halides is 2. The van der Waals surface area contributed by atoms with E-state index in [0.717, 1.165) is 14.8 Å². The van der Waals surface area contributed by atoms with Gasteiger partial charge in [0.25, 0.3) is 0 Å². The van der Waals surface area contributed by atoms with Crippen LogP contribution in [-0.4, -0.2) is 13.6 Å². The van der Waals surface area contributed by atoms with Crippen LogP contribution in [0.4, 0.5) is 0 Å². The lowest BCUT2D eigenvalue weighted by Crippen LogP contribution is -1.87. The van der Waals surface area contributed by atoms with E-state index < -0.39 is 0 Å². The van der Waals surface area contributed by atoms with Crippen LogP contribution in [-0.2, 0) is 0 Å². The summed E-state index contributed by atoms with van der Waals surface area (Å²) in [5, 5.41) is 8.37. The van der Waals surface area contributed by atoms with E-state index in [0.29, 0.717) is 6.61 Å². The van der Waals surface area contributed by atoms with E-state index in [1.165, 1.54) is 6.42 Å². The standard InChI is InChI=1S/C5H10I2O/c6-5(7)3-1-2-4-8/h5,8H,1-4H2. The van der Waals surface area contributed by atoms with E-state index in [1.807, 2.05) is 0 Å². The van der Waals surface area contributed by atoms with Crippen molar-refractivity contribution >= 4 is 45.2 Å². The van der Waals surface area contributed by atoms with Crippen molar-refractivity contribution in [2.45, 2.75) is 21.2 Å². The Labute approximate surface area is 77.5 Å². The van der Waals surface area contributed by atoms with Crippen LogP contribution in [0.5, 0.6) is 0 Å². The Morgan fingerprint density at radius 3 is 2.25 bits per heavy atom. The number of hydrogen-bond donors (Lipinski definition) is 1. The Hall–Kier alpha value is 1.42. The minimum absolute atomic E-state index is 0.347. The molecule has 0 amide bonds. The summed E-state index contributed by atoms with van der Waals surface area (Å²) in [5.74, 6) is 0. The van der Waals surface area contributed by atoms with E-state index in [9.17, 15) is 0 Å². The second-order valence-corrected chi connectivity index (χ2v) is 7.00. The lowest BCUT2D eigenvalue weighted by molar-refractivity contribution is 0.284. The van der Waals surface area contributed by atoms with Gasteiger partial charge in [-0.15, -0.1) is 0 Å². The predicted molar refractivity (Wildman–Crippen MR) is 52.8 cm³/mol. The van der Waals surface area contributed by atoms with E-state index in [2.05, 4.69) is 45.2 Å². The molecule has 0 spiro atoms. The van der Waals surface area contributed by atoms with Crippen molar-refractivity contribution in [1.82, 2.24) is 0 Å². The summed E-state index contributed by atoms with van der Waals surface area (Å²) in [6, 6.07) is 0. The van der Waals surface area contributed by atoms with E-state index >= 15 is 0 Å². The number of aliphatic hydroxyl groups excluding tert-OH is 1. The van der Waals surface area contributed by atoms with Crippen LogP contribution < -0.4 is 0 Å². The Morgan fingerprint density at radius 1 is 1.25 bits per heavy atom.